The van der Waals surface area contributed by atoms with Crippen molar-refractivity contribution >= 4 is 29.5 Å². The second kappa shape index (κ2) is 9.77. The number of ether oxygens (including phenoxy) is 1. The second-order valence-electron chi connectivity index (χ2n) is 5.76. The number of carbonyl (C=O) groups excluding carboxylic acids is 2. The molecule has 4 N–H and O–H groups in total. The summed E-state index contributed by atoms with van der Waals surface area (Å²) in [5, 5.41) is 2.42. The molecule has 1 heterocycles. The monoisotopic (exact) mass is 390 g/mol. The number of aromatic nitrogens is 2. The minimum Gasteiger partial charge on any atom is -0.467 e. The van der Waals surface area contributed by atoms with Gasteiger partial charge in [0.05, 0.1) is 12.4 Å². The SMILES string of the molecule is CCC(Sc1nc(N)cc(=O)[nH]1)C(=O)NC(Cc1ccccc1)C(=O)OC. The van der Waals surface area contributed by atoms with Gasteiger partial charge in [-0.2, -0.15) is 0 Å². The van der Waals surface area contributed by atoms with E-state index in [1.54, 1.807) is 0 Å². The summed E-state index contributed by atoms with van der Waals surface area (Å²) in [6.07, 6.45) is 0.780. The summed E-state index contributed by atoms with van der Waals surface area (Å²) in [5.74, 6) is -0.797. The lowest BCUT2D eigenvalue weighted by Crippen LogP contribution is -2.46. The van der Waals surface area contributed by atoms with Crippen LogP contribution in [0.3, 0.4) is 0 Å². The second-order valence-corrected chi connectivity index (χ2v) is 6.96. The number of H-pyrrole nitrogens is 1. The van der Waals surface area contributed by atoms with Gasteiger partial charge in [0.2, 0.25) is 5.91 Å². The number of anilines is 1. The number of amides is 1. The molecule has 8 nitrogen and oxygen atoms in total. The zero-order chi connectivity index (χ0) is 19.8. The Hall–Kier alpha value is -2.81. The first-order valence-electron chi connectivity index (χ1n) is 8.38. The van der Waals surface area contributed by atoms with Crippen LogP contribution in [-0.2, 0) is 20.7 Å². The third-order valence-electron chi connectivity index (χ3n) is 3.74. The van der Waals surface area contributed by atoms with Crippen LogP contribution < -0.4 is 16.6 Å². The van der Waals surface area contributed by atoms with E-state index in [1.165, 1.54) is 7.11 Å². The average Bonchev–Trinajstić information content (AvgIpc) is 2.64. The molecular weight excluding hydrogens is 368 g/mol. The minimum absolute atomic E-state index is 0.0769. The number of carbonyl (C=O) groups is 2. The molecule has 0 saturated carbocycles. The number of nitrogens with zero attached hydrogens (tertiary/aromatic N) is 1. The molecule has 2 atom stereocenters. The molecule has 0 aliphatic rings. The number of thioether (sulfide) groups is 1. The highest BCUT2D eigenvalue weighted by Crippen LogP contribution is 2.22. The molecule has 1 aromatic carbocycles. The Morgan fingerprint density at radius 3 is 2.63 bits per heavy atom. The van der Waals surface area contributed by atoms with Crippen LogP contribution in [0.1, 0.15) is 18.9 Å². The van der Waals surface area contributed by atoms with Crippen molar-refractivity contribution in [3.63, 3.8) is 0 Å². The molecule has 2 unspecified atom stereocenters. The molecule has 0 saturated heterocycles. The van der Waals surface area contributed by atoms with E-state index in [1.807, 2.05) is 37.3 Å². The van der Waals surface area contributed by atoms with Crippen molar-refractivity contribution in [1.82, 2.24) is 15.3 Å². The first kappa shape index (κ1) is 20.5. The van der Waals surface area contributed by atoms with Crippen LogP contribution in [0, 0.1) is 0 Å². The van der Waals surface area contributed by atoms with E-state index in [0.29, 0.717) is 12.8 Å². The molecule has 0 aliphatic heterocycles. The molecule has 9 heteroatoms. The molecule has 0 aliphatic carbocycles. The van der Waals surface area contributed by atoms with Gasteiger partial charge in [-0.05, 0) is 12.0 Å². The summed E-state index contributed by atoms with van der Waals surface area (Å²) < 4.78 is 4.81. The zero-order valence-electron chi connectivity index (χ0n) is 15.1. The topological polar surface area (TPSA) is 127 Å². The van der Waals surface area contributed by atoms with Gasteiger partial charge >= 0.3 is 5.97 Å². The van der Waals surface area contributed by atoms with Crippen LogP contribution in [-0.4, -0.2) is 40.2 Å². The van der Waals surface area contributed by atoms with Gasteiger partial charge < -0.3 is 20.8 Å². The van der Waals surface area contributed by atoms with E-state index in [2.05, 4.69) is 15.3 Å². The van der Waals surface area contributed by atoms with E-state index in [9.17, 15) is 14.4 Å². The number of hydrogen-bond acceptors (Lipinski definition) is 7. The van der Waals surface area contributed by atoms with Crippen molar-refractivity contribution in [2.75, 3.05) is 12.8 Å². The number of nitrogen functional groups attached to an aromatic ring is 1. The maximum Gasteiger partial charge on any atom is 0.328 e. The molecule has 0 spiro atoms. The van der Waals surface area contributed by atoms with Crippen LogP contribution in [0.4, 0.5) is 5.82 Å². The third-order valence-corrected chi connectivity index (χ3v) is 4.99. The average molecular weight is 390 g/mol. The molecule has 2 rings (SSSR count). The van der Waals surface area contributed by atoms with E-state index in [4.69, 9.17) is 10.5 Å². The Bertz CT molecular complexity index is 841. The molecule has 0 radical (unpaired) electrons. The van der Waals surface area contributed by atoms with Crippen molar-refractivity contribution in [3.05, 3.63) is 52.3 Å². The van der Waals surface area contributed by atoms with Gasteiger partial charge in [0.1, 0.15) is 11.9 Å². The Balaban J connectivity index is 2.11. The Morgan fingerprint density at radius 1 is 1.33 bits per heavy atom. The Labute approximate surface area is 160 Å². The summed E-state index contributed by atoms with van der Waals surface area (Å²) >= 11 is 1.08. The van der Waals surface area contributed by atoms with Crippen molar-refractivity contribution in [3.8, 4) is 0 Å². The number of rotatable bonds is 8. The van der Waals surface area contributed by atoms with E-state index in [-0.39, 0.29) is 16.9 Å². The van der Waals surface area contributed by atoms with Crippen LogP contribution in [0.25, 0.3) is 0 Å². The Morgan fingerprint density at radius 2 is 2.04 bits per heavy atom. The largest absolute Gasteiger partial charge is 0.467 e. The maximum atomic E-state index is 12.7. The van der Waals surface area contributed by atoms with E-state index < -0.39 is 22.8 Å². The number of nitrogens with one attached hydrogen (secondary N) is 2. The van der Waals surface area contributed by atoms with Crippen LogP contribution in [0.2, 0.25) is 0 Å². The number of aromatic amines is 1. The van der Waals surface area contributed by atoms with Gasteiger partial charge in [-0.1, -0.05) is 49.0 Å². The summed E-state index contributed by atoms with van der Waals surface area (Å²) in [5.41, 5.74) is 6.08. The summed E-state index contributed by atoms with van der Waals surface area (Å²) in [6, 6.07) is 9.69. The van der Waals surface area contributed by atoms with Gasteiger partial charge in [-0.3, -0.25) is 9.59 Å². The normalized spacial score (nSPS) is 12.8. The van der Waals surface area contributed by atoms with E-state index in [0.717, 1.165) is 23.4 Å². The lowest BCUT2D eigenvalue weighted by Gasteiger charge is -2.20. The smallest absolute Gasteiger partial charge is 0.328 e. The van der Waals surface area contributed by atoms with Gasteiger partial charge in [0.15, 0.2) is 5.16 Å². The number of benzene rings is 1. The van der Waals surface area contributed by atoms with Crippen LogP contribution in [0.15, 0.2) is 46.3 Å². The molecule has 27 heavy (non-hydrogen) atoms. The number of hydrogen-bond donors (Lipinski definition) is 3. The fourth-order valence-corrected chi connectivity index (χ4v) is 3.34. The highest BCUT2D eigenvalue weighted by atomic mass is 32.2. The summed E-state index contributed by atoms with van der Waals surface area (Å²) in [6.45, 7) is 1.83. The van der Waals surface area contributed by atoms with E-state index >= 15 is 0 Å². The lowest BCUT2D eigenvalue weighted by atomic mass is 10.1. The van der Waals surface area contributed by atoms with Gasteiger partial charge in [0.25, 0.3) is 5.56 Å². The lowest BCUT2D eigenvalue weighted by molar-refractivity contribution is -0.145. The van der Waals surface area contributed by atoms with Crippen molar-refractivity contribution in [2.45, 2.75) is 36.2 Å². The highest BCUT2D eigenvalue weighted by molar-refractivity contribution is 8.00. The molecule has 2 aromatic rings. The molecule has 1 aromatic heterocycles. The quantitative estimate of drug-likeness (QED) is 0.350. The fraction of sp³-hybridized carbons (Fsp3) is 0.333. The molecule has 0 fully saturated rings. The number of nitrogens with two attached hydrogens (primary N) is 1. The highest BCUT2D eigenvalue weighted by Gasteiger charge is 2.26. The van der Waals surface area contributed by atoms with Gasteiger partial charge in [0, 0.05) is 12.5 Å². The predicted molar refractivity (Wildman–Crippen MR) is 103 cm³/mol. The Kier molecular flexibility index (Phi) is 7.42. The first-order valence-corrected chi connectivity index (χ1v) is 9.26. The number of methoxy groups -OCH3 is 1. The molecule has 144 valence electrons. The fourth-order valence-electron chi connectivity index (χ4n) is 2.42. The van der Waals surface area contributed by atoms with Gasteiger partial charge in [-0.15, -0.1) is 0 Å². The van der Waals surface area contributed by atoms with Gasteiger partial charge in [-0.25, -0.2) is 9.78 Å². The van der Waals surface area contributed by atoms with Crippen molar-refractivity contribution in [2.24, 2.45) is 0 Å². The predicted octanol–water partition coefficient (Wildman–Crippen LogP) is 1.12. The van der Waals surface area contributed by atoms with Crippen LogP contribution in [0.5, 0.6) is 0 Å². The molecule has 1 amide bonds. The van der Waals surface area contributed by atoms with Crippen molar-refractivity contribution in [1.29, 1.82) is 0 Å². The number of esters is 1. The molecule has 0 bridgehead atoms. The standard InChI is InChI=1S/C18H22N4O4S/c1-3-13(27-18-21-14(19)10-15(23)22-18)16(24)20-12(17(25)26-2)9-11-7-5-4-6-8-11/h4-8,10,12-13H,3,9H2,1-2H3,(H,20,24)(H3,19,21,22,23). The maximum absolute atomic E-state index is 12.7. The minimum atomic E-state index is -0.813. The summed E-state index contributed by atoms with van der Waals surface area (Å²) in [4.78, 5) is 42.8. The first-order chi connectivity index (χ1) is 12.9. The summed E-state index contributed by atoms with van der Waals surface area (Å²) in [7, 11) is 1.28. The third kappa shape index (κ3) is 6.14. The van der Waals surface area contributed by atoms with Crippen molar-refractivity contribution < 1.29 is 14.3 Å². The van der Waals surface area contributed by atoms with Crippen LogP contribution >= 0.6 is 11.8 Å². The molecular formula is C18H22N4O4S. The zero-order valence-corrected chi connectivity index (χ0v) is 15.9.